The Labute approximate surface area is 102 Å². The highest BCUT2D eigenvalue weighted by Crippen LogP contribution is 2.59. The van der Waals surface area contributed by atoms with Gasteiger partial charge in [0, 0.05) is 12.3 Å². The SMILES string of the molecule is CC(C)(C)[C@@]1(C#N)C(=O)C[C@H]1c1ccccc1. The summed E-state index contributed by atoms with van der Waals surface area (Å²) in [6.07, 6.45) is 0.495. The third-order valence-electron chi connectivity index (χ3n) is 3.91. The summed E-state index contributed by atoms with van der Waals surface area (Å²) in [6, 6.07) is 12.2. The van der Waals surface area contributed by atoms with Crippen molar-refractivity contribution in [1.29, 1.82) is 5.26 Å². The first kappa shape index (κ1) is 11.9. The van der Waals surface area contributed by atoms with E-state index in [-0.39, 0.29) is 17.1 Å². The van der Waals surface area contributed by atoms with Crippen molar-refractivity contribution in [1.82, 2.24) is 0 Å². The zero-order valence-electron chi connectivity index (χ0n) is 10.5. The van der Waals surface area contributed by atoms with E-state index in [9.17, 15) is 10.1 Å². The molecule has 1 aliphatic rings. The second-order valence-corrected chi connectivity index (χ2v) is 5.76. The average molecular weight is 227 g/mol. The molecule has 0 aromatic heterocycles. The van der Waals surface area contributed by atoms with Gasteiger partial charge in [-0.05, 0) is 11.0 Å². The van der Waals surface area contributed by atoms with Crippen LogP contribution in [0, 0.1) is 22.2 Å². The maximum Gasteiger partial charge on any atom is 0.154 e. The standard InChI is InChI=1S/C15H17NO/c1-14(2,3)15(10-16)12(9-13(15)17)11-7-5-4-6-8-11/h4-8,12H,9H2,1-3H3/t12-,15+/m0/s1. The van der Waals surface area contributed by atoms with Crippen LogP contribution in [0.3, 0.4) is 0 Å². The van der Waals surface area contributed by atoms with Crippen LogP contribution >= 0.6 is 0 Å². The summed E-state index contributed by atoms with van der Waals surface area (Å²) in [6.45, 7) is 5.93. The van der Waals surface area contributed by atoms with Crippen LogP contribution in [-0.4, -0.2) is 5.78 Å². The molecule has 0 spiro atoms. The van der Waals surface area contributed by atoms with Gasteiger partial charge in [-0.1, -0.05) is 51.1 Å². The largest absolute Gasteiger partial charge is 0.298 e. The van der Waals surface area contributed by atoms with Crippen molar-refractivity contribution < 1.29 is 4.79 Å². The molecule has 0 aliphatic heterocycles. The van der Waals surface area contributed by atoms with Crippen LogP contribution in [0.1, 0.15) is 38.7 Å². The lowest BCUT2D eigenvalue weighted by molar-refractivity contribution is -0.144. The lowest BCUT2D eigenvalue weighted by atomic mass is 9.47. The third kappa shape index (κ3) is 1.50. The minimum atomic E-state index is -0.853. The monoisotopic (exact) mass is 227 g/mol. The first-order valence-corrected chi connectivity index (χ1v) is 5.93. The summed E-state index contributed by atoms with van der Waals surface area (Å²) in [5, 5.41) is 9.50. The van der Waals surface area contributed by atoms with Crippen molar-refractivity contribution >= 4 is 5.78 Å². The van der Waals surface area contributed by atoms with E-state index in [1.807, 2.05) is 51.1 Å². The van der Waals surface area contributed by atoms with Crippen LogP contribution in [-0.2, 0) is 4.79 Å². The van der Waals surface area contributed by atoms with Crippen LogP contribution in [0.4, 0.5) is 0 Å². The Kier molecular flexibility index (Phi) is 2.58. The molecule has 2 nitrogen and oxygen atoms in total. The van der Waals surface area contributed by atoms with E-state index in [2.05, 4.69) is 6.07 Å². The number of ketones is 1. The van der Waals surface area contributed by atoms with Crippen LogP contribution in [0.5, 0.6) is 0 Å². The average Bonchev–Trinajstić information content (AvgIpc) is 2.26. The zero-order valence-corrected chi connectivity index (χ0v) is 10.5. The van der Waals surface area contributed by atoms with Gasteiger partial charge in [0.15, 0.2) is 5.78 Å². The number of nitriles is 1. The molecule has 0 amide bonds. The van der Waals surface area contributed by atoms with Crippen molar-refractivity contribution in [3.63, 3.8) is 0 Å². The molecule has 1 fully saturated rings. The van der Waals surface area contributed by atoms with Crippen LogP contribution in [0.2, 0.25) is 0 Å². The first-order chi connectivity index (χ1) is 7.93. The van der Waals surface area contributed by atoms with Gasteiger partial charge in [-0.15, -0.1) is 0 Å². The molecular weight excluding hydrogens is 210 g/mol. The molecule has 2 atom stereocenters. The maximum atomic E-state index is 12.0. The fraction of sp³-hybridized carbons (Fsp3) is 0.467. The minimum absolute atomic E-state index is 0.0428. The predicted octanol–water partition coefficient (Wildman–Crippen LogP) is 3.30. The molecule has 2 heteroatoms. The van der Waals surface area contributed by atoms with Gasteiger partial charge in [0.05, 0.1) is 6.07 Å². The fourth-order valence-electron chi connectivity index (χ4n) is 2.86. The summed E-state index contributed by atoms with van der Waals surface area (Å²) >= 11 is 0. The van der Waals surface area contributed by atoms with Gasteiger partial charge in [0.25, 0.3) is 0 Å². The molecule has 0 unspecified atom stereocenters. The van der Waals surface area contributed by atoms with Crippen LogP contribution in [0.15, 0.2) is 30.3 Å². The number of hydrogen-bond donors (Lipinski definition) is 0. The van der Waals surface area contributed by atoms with Crippen LogP contribution < -0.4 is 0 Å². The Morgan fingerprint density at radius 1 is 1.29 bits per heavy atom. The highest BCUT2D eigenvalue weighted by molar-refractivity contribution is 5.96. The molecular formula is C15H17NO. The van der Waals surface area contributed by atoms with Crippen LogP contribution in [0.25, 0.3) is 0 Å². The second kappa shape index (κ2) is 3.70. The smallest absolute Gasteiger partial charge is 0.154 e. The van der Waals surface area contributed by atoms with Crippen molar-refractivity contribution in [2.24, 2.45) is 10.8 Å². The first-order valence-electron chi connectivity index (χ1n) is 5.93. The van der Waals surface area contributed by atoms with E-state index in [0.717, 1.165) is 5.56 Å². The lowest BCUT2D eigenvalue weighted by Gasteiger charge is -2.51. The van der Waals surface area contributed by atoms with Gasteiger partial charge in [-0.3, -0.25) is 4.79 Å². The number of hydrogen-bond acceptors (Lipinski definition) is 2. The quantitative estimate of drug-likeness (QED) is 0.738. The molecule has 0 radical (unpaired) electrons. The van der Waals surface area contributed by atoms with E-state index < -0.39 is 5.41 Å². The Bertz CT molecular complexity index is 478. The molecule has 1 aromatic rings. The summed E-state index contributed by atoms with van der Waals surface area (Å²) in [4.78, 5) is 12.0. The number of nitrogens with zero attached hydrogens (tertiary/aromatic N) is 1. The summed E-state index contributed by atoms with van der Waals surface area (Å²) < 4.78 is 0. The predicted molar refractivity (Wildman–Crippen MR) is 66.3 cm³/mol. The number of carbonyl (C=O) groups excluding carboxylic acids is 1. The Morgan fingerprint density at radius 2 is 1.88 bits per heavy atom. The van der Waals surface area contributed by atoms with E-state index >= 15 is 0 Å². The van der Waals surface area contributed by atoms with Crippen molar-refractivity contribution in [2.45, 2.75) is 33.1 Å². The lowest BCUT2D eigenvalue weighted by Crippen LogP contribution is -2.55. The molecule has 88 valence electrons. The van der Waals surface area contributed by atoms with Gasteiger partial charge in [-0.25, -0.2) is 0 Å². The number of Topliss-reactive ketones (excluding diaryl/α,β-unsaturated/α-hetero) is 1. The van der Waals surface area contributed by atoms with Gasteiger partial charge in [-0.2, -0.15) is 5.26 Å². The molecule has 17 heavy (non-hydrogen) atoms. The van der Waals surface area contributed by atoms with Gasteiger partial charge in [0.2, 0.25) is 0 Å². The Balaban J connectivity index is 2.46. The fourth-order valence-corrected chi connectivity index (χ4v) is 2.86. The van der Waals surface area contributed by atoms with Gasteiger partial charge in [0.1, 0.15) is 5.41 Å². The van der Waals surface area contributed by atoms with E-state index in [4.69, 9.17) is 0 Å². The summed E-state index contributed by atoms with van der Waals surface area (Å²) in [5.41, 5.74) is -0.0741. The molecule has 0 heterocycles. The van der Waals surface area contributed by atoms with Crippen molar-refractivity contribution in [3.8, 4) is 6.07 Å². The minimum Gasteiger partial charge on any atom is -0.298 e. The van der Waals surface area contributed by atoms with E-state index in [0.29, 0.717) is 6.42 Å². The molecule has 2 rings (SSSR count). The maximum absolute atomic E-state index is 12.0. The Hall–Kier alpha value is -1.62. The van der Waals surface area contributed by atoms with Crippen molar-refractivity contribution in [3.05, 3.63) is 35.9 Å². The third-order valence-corrected chi connectivity index (χ3v) is 3.91. The molecule has 1 aromatic carbocycles. The topological polar surface area (TPSA) is 40.9 Å². The Morgan fingerprint density at radius 3 is 2.29 bits per heavy atom. The normalized spacial score (nSPS) is 28.4. The second-order valence-electron chi connectivity index (χ2n) is 5.76. The van der Waals surface area contributed by atoms with E-state index in [1.165, 1.54) is 0 Å². The molecule has 0 bridgehead atoms. The molecule has 1 saturated carbocycles. The summed E-state index contributed by atoms with van der Waals surface area (Å²) in [5.74, 6) is 0.127. The van der Waals surface area contributed by atoms with Gasteiger partial charge >= 0.3 is 0 Å². The van der Waals surface area contributed by atoms with Crippen molar-refractivity contribution in [2.75, 3.05) is 0 Å². The highest BCUT2D eigenvalue weighted by Gasteiger charge is 2.62. The summed E-state index contributed by atoms with van der Waals surface area (Å²) in [7, 11) is 0. The van der Waals surface area contributed by atoms with Gasteiger partial charge < -0.3 is 0 Å². The highest BCUT2D eigenvalue weighted by atomic mass is 16.1. The number of rotatable bonds is 1. The number of benzene rings is 1. The molecule has 0 saturated heterocycles. The molecule has 1 aliphatic carbocycles. The molecule has 0 N–H and O–H groups in total. The zero-order chi connectivity index (χ0) is 12.7. The number of carbonyl (C=O) groups is 1. The van der Waals surface area contributed by atoms with E-state index in [1.54, 1.807) is 0 Å².